The van der Waals surface area contributed by atoms with Gasteiger partial charge in [0.1, 0.15) is 34.5 Å². The van der Waals surface area contributed by atoms with Crippen LogP contribution < -0.4 is 30.2 Å². The third kappa shape index (κ3) is 8.23. The van der Waals surface area contributed by atoms with Gasteiger partial charge in [0, 0.05) is 17.1 Å². The molecule has 1 heterocycles. The molecule has 7 aromatic rings. The molecule has 0 bridgehead atoms. The van der Waals surface area contributed by atoms with Crippen LogP contribution in [0.5, 0.6) is 34.5 Å². The van der Waals surface area contributed by atoms with Crippen LogP contribution in [-0.2, 0) is 0 Å². The fourth-order valence-electron chi connectivity index (χ4n) is 4.62. The molecule has 0 spiro atoms. The maximum absolute atomic E-state index is 5.93. The lowest BCUT2D eigenvalue weighted by Crippen LogP contribution is -2.07. The quantitative estimate of drug-likeness (QED) is 0.122. The summed E-state index contributed by atoms with van der Waals surface area (Å²) >= 11 is 0. The summed E-state index contributed by atoms with van der Waals surface area (Å²) in [5.41, 5.74) is 2.34. The van der Waals surface area contributed by atoms with E-state index in [2.05, 4.69) is 30.9 Å². The lowest BCUT2D eigenvalue weighted by molar-refractivity contribution is 0.482. The predicted molar refractivity (Wildman–Crippen MR) is 189 cm³/mol. The molecule has 1 aromatic heterocycles. The molecule has 48 heavy (non-hydrogen) atoms. The first-order valence-electron chi connectivity index (χ1n) is 15.3. The van der Waals surface area contributed by atoms with Gasteiger partial charge in [-0.25, -0.2) is 0 Å². The number of hydrogen-bond acceptors (Lipinski definition) is 9. The minimum absolute atomic E-state index is 0.347. The van der Waals surface area contributed by atoms with Crippen LogP contribution in [0.1, 0.15) is 0 Å². The number of ether oxygens (including phenoxy) is 3. The highest BCUT2D eigenvalue weighted by Crippen LogP contribution is 2.28. The zero-order chi connectivity index (χ0) is 32.4. The first kappa shape index (κ1) is 29.8. The van der Waals surface area contributed by atoms with E-state index in [4.69, 9.17) is 14.2 Å². The largest absolute Gasteiger partial charge is 0.457 e. The van der Waals surface area contributed by atoms with E-state index in [1.807, 2.05) is 164 Å². The Morgan fingerprint density at radius 1 is 0.271 bits per heavy atom. The van der Waals surface area contributed by atoms with Gasteiger partial charge in [-0.15, -0.1) is 0 Å². The Balaban J connectivity index is 1.09. The third-order valence-corrected chi connectivity index (χ3v) is 6.90. The van der Waals surface area contributed by atoms with Crippen LogP contribution in [0.25, 0.3) is 0 Å². The van der Waals surface area contributed by atoms with E-state index in [1.54, 1.807) is 0 Å². The van der Waals surface area contributed by atoms with Crippen molar-refractivity contribution in [1.82, 2.24) is 15.0 Å². The van der Waals surface area contributed by atoms with Gasteiger partial charge in [0.2, 0.25) is 17.8 Å². The SMILES string of the molecule is c1ccc(Oc2ccc(Nc3nc(Nc4ccc(Oc5ccccc5)cc4)nc(Nc4ccc(Oc5ccccc5)cc4)n3)cc2)cc1. The van der Waals surface area contributed by atoms with Crippen molar-refractivity contribution in [2.75, 3.05) is 16.0 Å². The fourth-order valence-corrected chi connectivity index (χ4v) is 4.62. The maximum Gasteiger partial charge on any atom is 0.233 e. The second kappa shape index (κ2) is 14.5. The van der Waals surface area contributed by atoms with Crippen molar-refractivity contribution < 1.29 is 14.2 Å². The summed E-state index contributed by atoms with van der Waals surface area (Å²) in [4.78, 5) is 13.9. The average Bonchev–Trinajstić information content (AvgIpc) is 3.12. The molecule has 0 saturated heterocycles. The number of hydrogen-bond donors (Lipinski definition) is 3. The molecular weight excluding hydrogens is 600 g/mol. The molecular formula is C39H30N6O3. The van der Waals surface area contributed by atoms with Gasteiger partial charge in [-0.3, -0.25) is 0 Å². The van der Waals surface area contributed by atoms with Crippen molar-refractivity contribution in [3.8, 4) is 34.5 Å². The molecule has 0 aliphatic carbocycles. The smallest absolute Gasteiger partial charge is 0.233 e. The molecule has 6 aromatic carbocycles. The predicted octanol–water partition coefficient (Wildman–Crippen LogP) is 10.5. The second-order valence-corrected chi connectivity index (χ2v) is 10.5. The highest BCUT2D eigenvalue weighted by Gasteiger charge is 2.10. The summed E-state index contributed by atoms with van der Waals surface area (Å²) < 4.78 is 17.8. The van der Waals surface area contributed by atoms with Crippen LogP contribution in [0.15, 0.2) is 164 Å². The Hall–Kier alpha value is -6.87. The van der Waals surface area contributed by atoms with Gasteiger partial charge in [-0.2, -0.15) is 15.0 Å². The highest BCUT2D eigenvalue weighted by molar-refractivity contribution is 5.63. The standard InChI is InChI=1S/C39H30N6O3/c1-4-10-31(11-5-1)46-34-22-16-28(17-23-34)40-37-43-38(41-29-18-24-35(25-19-29)47-32-12-6-2-7-13-32)45-39(44-37)42-30-20-26-36(27-21-30)48-33-14-8-3-9-15-33/h1-27H,(H3,40,41,42,43,44,45). The molecule has 0 aliphatic rings. The van der Waals surface area contributed by atoms with Crippen molar-refractivity contribution in [2.24, 2.45) is 0 Å². The highest BCUT2D eigenvalue weighted by atomic mass is 16.5. The molecule has 0 aliphatic heterocycles. The van der Waals surface area contributed by atoms with Gasteiger partial charge in [0.25, 0.3) is 0 Å². The van der Waals surface area contributed by atoms with Crippen molar-refractivity contribution in [2.45, 2.75) is 0 Å². The third-order valence-electron chi connectivity index (χ3n) is 6.90. The lowest BCUT2D eigenvalue weighted by atomic mass is 10.3. The van der Waals surface area contributed by atoms with Crippen molar-refractivity contribution in [3.63, 3.8) is 0 Å². The topological polar surface area (TPSA) is 102 Å². The van der Waals surface area contributed by atoms with Crippen molar-refractivity contribution in [1.29, 1.82) is 0 Å². The fraction of sp³-hybridized carbons (Fsp3) is 0. The first-order chi connectivity index (χ1) is 23.7. The Kier molecular flexibility index (Phi) is 9.00. The Morgan fingerprint density at radius 2 is 0.500 bits per heavy atom. The summed E-state index contributed by atoms with van der Waals surface area (Å²) in [5.74, 6) is 5.48. The number of rotatable bonds is 12. The molecule has 234 valence electrons. The first-order valence-corrected chi connectivity index (χ1v) is 15.3. The number of anilines is 6. The van der Waals surface area contributed by atoms with Gasteiger partial charge >= 0.3 is 0 Å². The zero-order valence-corrected chi connectivity index (χ0v) is 25.7. The summed E-state index contributed by atoms with van der Waals surface area (Å²) in [7, 11) is 0. The van der Waals surface area contributed by atoms with Gasteiger partial charge in [0.15, 0.2) is 0 Å². The second-order valence-electron chi connectivity index (χ2n) is 10.5. The molecule has 3 N–H and O–H groups in total. The average molecular weight is 631 g/mol. The van der Waals surface area contributed by atoms with Gasteiger partial charge < -0.3 is 30.2 Å². The number of aromatic nitrogens is 3. The van der Waals surface area contributed by atoms with Crippen LogP contribution in [-0.4, -0.2) is 15.0 Å². The normalized spacial score (nSPS) is 10.5. The molecule has 0 atom stereocenters. The number of nitrogens with one attached hydrogen (secondary N) is 3. The molecule has 0 saturated carbocycles. The monoisotopic (exact) mass is 630 g/mol. The van der Waals surface area contributed by atoms with Crippen LogP contribution >= 0.6 is 0 Å². The van der Waals surface area contributed by atoms with E-state index in [-0.39, 0.29) is 0 Å². The number of nitrogens with zero attached hydrogens (tertiary/aromatic N) is 3. The summed E-state index contributed by atoms with van der Waals surface area (Å²) in [6, 6.07) is 51.6. The van der Waals surface area contributed by atoms with Crippen LogP contribution in [0.4, 0.5) is 34.9 Å². The number of para-hydroxylation sites is 3. The Bertz CT molecular complexity index is 1790. The van der Waals surface area contributed by atoms with E-state index < -0.39 is 0 Å². The van der Waals surface area contributed by atoms with E-state index in [1.165, 1.54) is 0 Å². The summed E-state index contributed by atoms with van der Waals surface area (Å²) in [5, 5.41) is 9.85. The van der Waals surface area contributed by atoms with Crippen molar-refractivity contribution >= 4 is 34.9 Å². The van der Waals surface area contributed by atoms with Gasteiger partial charge in [0.05, 0.1) is 0 Å². The zero-order valence-electron chi connectivity index (χ0n) is 25.7. The van der Waals surface area contributed by atoms with Gasteiger partial charge in [-0.05, 0) is 109 Å². The molecule has 0 radical (unpaired) electrons. The number of benzene rings is 6. The minimum Gasteiger partial charge on any atom is -0.457 e. The van der Waals surface area contributed by atoms with Gasteiger partial charge in [-0.1, -0.05) is 54.6 Å². The van der Waals surface area contributed by atoms with Crippen LogP contribution in [0.2, 0.25) is 0 Å². The Labute approximate surface area is 277 Å². The lowest BCUT2D eigenvalue weighted by Gasteiger charge is -2.13. The molecule has 0 fully saturated rings. The van der Waals surface area contributed by atoms with E-state index in [0.29, 0.717) is 35.1 Å². The summed E-state index contributed by atoms with van der Waals surface area (Å²) in [6.45, 7) is 0. The van der Waals surface area contributed by atoms with Crippen LogP contribution in [0.3, 0.4) is 0 Å². The Morgan fingerprint density at radius 3 is 0.750 bits per heavy atom. The minimum atomic E-state index is 0.347. The van der Waals surface area contributed by atoms with E-state index in [0.717, 1.165) is 34.3 Å². The van der Waals surface area contributed by atoms with Crippen LogP contribution in [0, 0.1) is 0 Å². The molecule has 0 unspecified atom stereocenters. The molecule has 7 rings (SSSR count). The maximum atomic E-state index is 5.93. The molecule has 0 amide bonds. The molecule has 9 nitrogen and oxygen atoms in total. The molecule has 9 heteroatoms. The van der Waals surface area contributed by atoms with Crippen molar-refractivity contribution in [3.05, 3.63) is 164 Å². The van der Waals surface area contributed by atoms with E-state index in [9.17, 15) is 0 Å². The summed E-state index contributed by atoms with van der Waals surface area (Å²) in [6.07, 6.45) is 0. The van der Waals surface area contributed by atoms with E-state index >= 15 is 0 Å².